The molecule has 0 saturated heterocycles. The Bertz CT molecular complexity index is 603. The van der Waals surface area contributed by atoms with Gasteiger partial charge in [0.1, 0.15) is 5.56 Å². The lowest BCUT2D eigenvalue weighted by atomic mass is 10.1. The Morgan fingerprint density at radius 3 is 2.47 bits per heavy atom. The third-order valence-electron chi connectivity index (χ3n) is 2.09. The van der Waals surface area contributed by atoms with E-state index < -0.39 is 42.8 Å². The molecule has 19 heavy (non-hydrogen) atoms. The maximum Gasteiger partial charge on any atom is 0.339 e. The zero-order valence-corrected chi connectivity index (χ0v) is 10.5. The lowest BCUT2D eigenvalue weighted by Gasteiger charge is -2.09. The van der Waals surface area contributed by atoms with Crippen molar-refractivity contribution in [3.05, 3.63) is 27.8 Å². The van der Waals surface area contributed by atoms with Crippen LogP contribution in [0.1, 0.15) is 17.3 Å². The summed E-state index contributed by atoms with van der Waals surface area (Å²) < 4.78 is 27.2. The Morgan fingerprint density at radius 1 is 1.53 bits per heavy atom. The lowest BCUT2D eigenvalue weighted by Crippen LogP contribution is -2.15. The zero-order valence-electron chi connectivity index (χ0n) is 9.69. The largest absolute Gasteiger partial charge is 0.487 e. The number of carbonyl (C=O) groups is 1. The predicted octanol–water partition coefficient (Wildman–Crippen LogP) is 0.339. The van der Waals surface area contributed by atoms with E-state index in [1.165, 1.54) is 6.92 Å². The van der Waals surface area contributed by atoms with Crippen LogP contribution in [0.5, 0.6) is 5.75 Å². The van der Waals surface area contributed by atoms with Gasteiger partial charge in [-0.3, -0.25) is 10.1 Å². The number of rotatable bonds is 5. The second kappa shape index (κ2) is 5.20. The van der Waals surface area contributed by atoms with Crippen molar-refractivity contribution < 1.29 is 28.0 Å². The minimum absolute atomic E-state index is 0.0180. The molecule has 3 N–H and O–H groups in total. The lowest BCUT2D eigenvalue weighted by molar-refractivity contribution is -0.386. The molecule has 0 bridgehead atoms. The number of nitrogens with two attached hydrogens (primary N) is 1. The van der Waals surface area contributed by atoms with E-state index in [0.717, 1.165) is 6.07 Å². The van der Waals surface area contributed by atoms with E-state index in [9.17, 15) is 23.3 Å². The van der Waals surface area contributed by atoms with Crippen molar-refractivity contribution in [1.29, 1.82) is 0 Å². The number of benzene rings is 1. The van der Waals surface area contributed by atoms with Gasteiger partial charge in [-0.15, -0.1) is 0 Å². The predicted molar refractivity (Wildman–Crippen MR) is 62.6 cm³/mol. The van der Waals surface area contributed by atoms with Crippen LogP contribution < -0.4 is 9.88 Å². The van der Waals surface area contributed by atoms with E-state index >= 15 is 0 Å². The summed E-state index contributed by atoms with van der Waals surface area (Å²) in [5, 5.41) is 24.6. The third kappa shape index (κ3) is 3.17. The summed E-state index contributed by atoms with van der Waals surface area (Å²) in [5.74, 6) is -2.07. The fourth-order valence-corrected chi connectivity index (χ4v) is 1.90. The molecule has 104 valence electrons. The number of nitro groups is 1. The summed E-state index contributed by atoms with van der Waals surface area (Å²) in [6, 6.07) is 1.38. The Kier molecular flexibility index (Phi) is 4.07. The number of carboxylic acids is 1. The number of hydrogen-bond donors (Lipinski definition) is 2. The molecule has 1 aromatic rings. The summed E-state index contributed by atoms with van der Waals surface area (Å²) in [6.45, 7) is 1.48. The van der Waals surface area contributed by atoms with Gasteiger partial charge in [0.2, 0.25) is 15.8 Å². The van der Waals surface area contributed by atoms with Crippen molar-refractivity contribution in [1.82, 2.24) is 0 Å². The standard InChI is InChI=1S/C9H10N2O7S/c1-2-18-8-6(9(12)13)3-5(19(10,16)17)4-7(8)11(14)15/h3-4H,2H2,1H3,(H,12,13)(H2,10,16,17). The van der Waals surface area contributed by atoms with Crippen molar-refractivity contribution >= 4 is 21.7 Å². The van der Waals surface area contributed by atoms with E-state index in [2.05, 4.69) is 0 Å². The highest BCUT2D eigenvalue weighted by molar-refractivity contribution is 7.89. The number of aromatic carboxylic acids is 1. The van der Waals surface area contributed by atoms with Gasteiger partial charge >= 0.3 is 11.7 Å². The van der Waals surface area contributed by atoms with Gasteiger partial charge in [-0.1, -0.05) is 0 Å². The summed E-state index contributed by atoms with van der Waals surface area (Å²) in [6.07, 6.45) is 0. The van der Waals surface area contributed by atoms with Crippen LogP contribution in [0.4, 0.5) is 5.69 Å². The number of carboxylic acid groups (broad SMARTS) is 1. The molecule has 0 aliphatic rings. The van der Waals surface area contributed by atoms with Gasteiger partial charge in [0.25, 0.3) is 0 Å². The Morgan fingerprint density at radius 2 is 2.11 bits per heavy atom. The Balaban J connectivity index is 3.72. The van der Waals surface area contributed by atoms with Gasteiger partial charge in [-0.25, -0.2) is 18.4 Å². The van der Waals surface area contributed by atoms with Crippen molar-refractivity contribution in [2.75, 3.05) is 6.61 Å². The van der Waals surface area contributed by atoms with Gasteiger partial charge in [0, 0.05) is 6.07 Å². The van der Waals surface area contributed by atoms with Gasteiger partial charge < -0.3 is 9.84 Å². The third-order valence-corrected chi connectivity index (χ3v) is 2.98. The van der Waals surface area contributed by atoms with Gasteiger partial charge in [-0.2, -0.15) is 0 Å². The van der Waals surface area contributed by atoms with E-state index in [1.54, 1.807) is 0 Å². The van der Waals surface area contributed by atoms with Crippen LogP contribution in [-0.2, 0) is 10.0 Å². The monoisotopic (exact) mass is 290 g/mol. The van der Waals surface area contributed by atoms with Crippen molar-refractivity contribution in [2.45, 2.75) is 11.8 Å². The highest BCUT2D eigenvalue weighted by Crippen LogP contribution is 2.34. The number of nitrogens with zero attached hydrogens (tertiary/aromatic N) is 1. The van der Waals surface area contributed by atoms with Crippen LogP contribution in [0, 0.1) is 10.1 Å². The summed E-state index contributed by atoms with van der Waals surface area (Å²) in [7, 11) is -4.27. The fourth-order valence-electron chi connectivity index (χ4n) is 1.34. The van der Waals surface area contributed by atoms with E-state index in [-0.39, 0.29) is 6.61 Å². The molecule has 0 atom stereocenters. The molecule has 1 aromatic carbocycles. The average molecular weight is 290 g/mol. The molecular formula is C9H10N2O7S. The molecule has 0 fully saturated rings. The number of hydrogen-bond acceptors (Lipinski definition) is 6. The van der Waals surface area contributed by atoms with Crippen molar-refractivity contribution in [3.8, 4) is 5.75 Å². The summed E-state index contributed by atoms with van der Waals surface area (Å²) in [5.41, 5.74) is -1.41. The van der Waals surface area contributed by atoms with Crippen molar-refractivity contribution in [3.63, 3.8) is 0 Å². The topological polar surface area (TPSA) is 150 Å². The molecule has 0 aliphatic heterocycles. The van der Waals surface area contributed by atoms with E-state index in [4.69, 9.17) is 15.0 Å². The van der Waals surface area contributed by atoms with Crippen LogP contribution in [0.25, 0.3) is 0 Å². The normalized spacial score (nSPS) is 11.1. The first-order valence-corrected chi connectivity index (χ1v) is 6.44. The first-order chi connectivity index (χ1) is 8.68. The van der Waals surface area contributed by atoms with Crippen LogP contribution in [0.15, 0.2) is 17.0 Å². The number of primary sulfonamides is 1. The van der Waals surface area contributed by atoms with Gasteiger partial charge in [0.15, 0.2) is 0 Å². The minimum Gasteiger partial charge on any atom is -0.487 e. The van der Waals surface area contributed by atoms with Gasteiger partial charge in [0.05, 0.1) is 16.4 Å². The molecule has 0 heterocycles. The molecule has 0 spiro atoms. The minimum atomic E-state index is -4.27. The molecule has 10 heteroatoms. The molecule has 1 rings (SSSR count). The molecule has 0 amide bonds. The molecule has 0 radical (unpaired) electrons. The maximum absolute atomic E-state index is 11.2. The van der Waals surface area contributed by atoms with Crippen LogP contribution in [0.2, 0.25) is 0 Å². The summed E-state index contributed by atoms with van der Waals surface area (Å²) >= 11 is 0. The zero-order chi connectivity index (χ0) is 14.8. The summed E-state index contributed by atoms with van der Waals surface area (Å²) in [4.78, 5) is 20.3. The molecule has 9 nitrogen and oxygen atoms in total. The fraction of sp³-hybridized carbons (Fsp3) is 0.222. The van der Waals surface area contributed by atoms with Gasteiger partial charge in [-0.05, 0) is 13.0 Å². The second-order valence-corrected chi connectivity index (χ2v) is 4.92. The van der Waals surface area contributed by atoms with Crippen LogP contribution in [0.3, 0.4) is 0 Å². The smallest absolute Gasteiger partial charge is 0.339 e. The first-order valence-electron chi connectivity index (χ1n) is 4.89. The number of nitro benzene ring substituents is 1. The molecule has 0 aliphatic carbocycles. The Hall–Kier alpha value is -2.20. The first kappa shape index (κ1) is 14.9. The quantitative estimate of drug-likeness (QED) is 0.586. The van der Waals surface area contributed by atoms with Crippen LogP contribution >= 0.6 is 0 Å². The van der Waals surface area contributed by atoms with Crippen LogP contribution in [-0.4, -0.2) is 31.0 Å². The Labute approximate surface area is 107 Å². The molecule has 0 saturated carbocycles. The van der Waals surface area contributed by atoms with Crippen molar-refractivity contribution in [2.24, 2.45) is 5.14 Å². The molecule has 0 unspecified atom stereocenters. The average Bonchev–Trinajstić information content (AvgIpc) is 2.27. The number of sulfonamides is 1. The maximum atomic E-state index is 11.2. The van der Waals surface area contributed by atoms with E-state index in [0.29, 0.717) is 6.07 Å². The number of ether oxygens (including phenoxy) is 1. The molecular weight excluding hydrogens is 280 g/mol. The van der Waals surface area contributed by atoms with E-state index in [1.807, 2.05) is 0 Å². The highest BCUT2D eigenvalue weighted by Gasteiger charge is 2.27. The molecule has 0 aromatic heterocycles. The highest BCUT2D eigenvalue weighted by atomic mass is 32.2. The SMILES string of the molecule is CCOc1c(C(=O)O)cc(S(N)(=O)=O)cc1[N+](=O)[O-]. The second-order valence-electron chi connectivity index (χ2n) is 3.36.